The van der Waals surface area contributed by atoms with E-state index in [1.807, 2.05) is 11.8 Å². The standard InChI is InChI=1S/C13H25NO2S/c1-3-6-13(12(15)16)7-5-8-14(11-13)9-10-17-4-2/h3-11H2,1-2H3,(H,15,16). The van der Waals surface area contributed by atoms with E-state index in [4.69, 9.17) is 0 Å². The quantitative estimate of drug-likeness (QED) is 0.714. The summed E-state index contributed by atoms with van der Waals surface area (Å²) in [5.41, 5.74) is -0.468. The number of thioether (sulfide) groups is 1. The molecule has 1 unspecified atom stereocenters. The highest BCUT2D eigenvalue weighted by atomic mass is 32.2. The van der Waals surface area contributed by atoms with Crippen molar-refractivity contribution in [3.63, 3.8) is 0 Å². The lowest BCUT2D eigenvalue weighted by molar-refractivity contribution is -0.153. The van der Waals surface area contributed by atoms with E-state index in [-0.39, 0.29) is 0 Å². The molecule has 1 fully saturated rings. The number of piperidine rings is 1. The first kappa shape index (κ1) is 14.8. The third kappa shape index (κ3) is 4.18. The zero-order valence-corrected chi connectivity index (χ0v) is 11.9. The second-order valence-electron chi connectivity index (χ2n) is 4.91. The van der Waals surface area contributed by atoms with Crippen LogP contribution in [0.3, 0.4) is 0 Å². The summed E-state index contributed by atoms with van der Waals surface area (Å²) in [4.78, 5) is 13.9. The Hall–Kier alpha value is -0.220. The average Bonchev–Trinajstić information content (AvgIpc) is 2.30. The van der Waals surface area contributed by atoms with E-state index >= 15 is 0 Å². The number of carbonyl (C=O) groups is 1. The van der Waals surface area contributed by atoms with Gasteiger partial charge in [-0.05, 0) is 31.6 Å². The smallest absolute Gasteiger partial charge is 0.310 e. The van der Waals surface area contributed by atoms with Crippen molar-refractivity contribution in [2.45, 2.75) is 39.5 Å². The molecule has 0 aromatic heterocycles. The van der Waals surface area contributed by atoms with E-state index in [0.29, 0.717) is 0 Å². The zero-order chi connectivity index (χ0) is 12.7. The topological polar surface area (TPSA) is 40.5 Å². The SMILES string of the molecule is CCCC1(C(=O)O)CCCN(CCSCC)C1. The number of hydrogen-bond donors (Lipinski definition) is 1. The van der Waals surface area contributed by atoms with E-state index in [9.17, 15) is 9.90 Å². The first-order chi connectivity index (χ1) is 8.14. The van der Waals surface area contributed by atoms with Gasteiger partial charge in [0, 0.05) is 18.8 Å². The Morgan fingerprint density at radius 3 is 2.82 bits per heavy atom. The molecule has 1 aliphatic rings. The van der Waals surface area contributed by atoms with E-state index in [0.717, 1.165) is 56.8 Å². The third-order valence-electron chi connectivity index (χ3n) is 3.59. The van der Waals surface area contributed by atoms with Crippen molar-refractivity contribution in [2.75, 3.05) is 31.1 Å². The maximum absolute atomic E-state index is 11.5. The molecule has 1 heterocycles. The number of hydrogen-bond acceptors (Lipinski definition) is 3. The molecular weight excluding hydrogens is 234 g/mol. The van der Waals surface area contributed by atoms with Crippen LogP contribution in [0.5, 0.6) is 0 Å². The Morgan fingerprint density at radius 2 is 2.24 bits per heavy atom. The van der Waals surface area contributed by atoms with Crippen molar-refractivity contribution in [3.05, 3.63) is 0 Å². The van der Waals surface area contributed by atoms with Crippen molar-refractivity contribution in [3.8, 4) is 0 Å². The molecule has 4 heteroatoms. The minimum Gasteiger partial charge on any atom is -0.481 e. The van der Waals surface area contributed by atoms with E-state index in [1.54, 1.807) is 0 Å². The summed E-state index contributed by atoms with van der Waals surface area (Å²) < 4.78 is 0. The van der Waals surface area contributed by atoms with Crippen LogP contribution < -0.4 is 0 Å². The number of likely N-dealkylation sites (tertiary alicyclic amines) is 1. The molecule has 1 aliphatic heterocycles. The largest absolute Gasteiger partial charge is 0.481 e. The molecule has 1 N–H and O–H groups in total. The minimum atomic E-state index is -0.591. The number of rotatable bonds is 7. The van der Waals surface area contributed by atoms with Gasteiger partial charge in [-0.2, -0.15) is 11.8 Å². The van der Waals surface area contributed by atoms with Gasteiger partial charge in [0.2, 0.25) is 0 Å². The fourth-order valence-corrected chi connectivity index (χ4v) is 3.40. The summed E-state index contributed by atoms with van der Waals surface area (Å²) >= 11 is 1.93. The third-order valence-corrected chi connectivity index (χ3v) is 4.47. The summed E-state index contributed by atoms with van der Waals surface area (Å²) in [6, 6.07) is 0. The van der Waals surface area contributed by atoms with Crippen LogP contribution in [0.1, 0.15) is 39.5 Å². The van der Waals surface area contributed by atoms with Crippen LogP contribution in [-0.2, 0) is 4.79 Å². The van der Waals surface area contributed by atoms with E-state index in [2.05, 4.69) is 18.7 Å². The first-order valence-corrected chi connectivity index (χ1v) is 7.83. The van der Waals surface area contributed by atoms with Gasteiger partial charge < -0.3 is 10.0 Å². The van der Waals surface area contributed by atoms with Gasteiger partial charge in [0.05, 0.1) is 5.41 Å². The van der Waals surface area contributed by atoms with E-state index < -0.39 is 11.4 Å². The number of aliphatic carboxylic acids is 1. The molecule has 0 amide bonds. The highest BCUT2D eigenvalue weighted by molar-refractivity contribution is 7.99. The Balaban J connectivity index is 2.52. The monoisotopic (exact) mass is 259 g/mol. The molecule has 1 atom stereocenters. The molecule has 0 aromatic carbocycles. The van der Waals surface area contributed by atoms with Crippen molar-refractivity contribution in [2.24, 2.45) is 5.41 Å². The van der Waals surface area contributed by atoms with Crippen LogP contribution in [-0.4, -0.2) is 47.1 Å². The van der Waals surface area contributed by atoms with Gasteiger partial charge in [0.1, 0.15) is 0 Å². The summed E-state index contributed by atoms with van der Waals surface area (Å²) in [6.07, 6.45) is 3.67. The van der Waals surface area contributed by atoms with Gasteiger partial charge in [-0.15, -0.1) is 0 Å². The molecule has 1 rings (SSSR count). The molecular formula is C13H25NO2S. The van der Waals surface area contributed by atoms with Crippen LogP contribution >= 0.6 is 11.8 Å². The average molecular weight is 259 g/mol. The molecule has 0 bridgehead atoms. The Morgan fingerprint density at radius 1 is 1.47 bits per heavy atom. The fraction of sp³-hybridized carbons (Fsp3) is 0.923. The van der Waals surface area contributed by atoms with Crippen LogP contribution in [0.25, 0.3) is 0 Å². The second-order valence-corrected chi connectivity index (χ2v) is 6.31. The lowest BCUT2D eigenvalue weighted by Crippen LogP contribution is -2.48. The minimum absolute atomic E-state index is 0.468. The Labute approximate surface area is 109 Å². The number of nitrogens with zero attached hydrogens (tertiary/aromatic N) is 1. The molecule has 1 saturated heterocycles. The van der Waals surface area contributed by atoms with Crippen LogP contribution in [0.15, 0.2) is 0 Å². The highest BCUT2D eigenvalue weighted by Crippen LogP contribution is 2.35. The zero-order valence-electron chi connectivity index (χ0n) is 11.1. The van der Waals surface area contributed by atoms with Crippen molar-refractivity contribution < 1.29 is 9.90 Å². The lowest BCUT2D eigenvalue weighted by Gasteiger charge is -2.40. The normalized spacial score (nSPS) is 26.0. The van der Waals surface area contributed by atoms with Crippen molar-refractivity contribution in [1.29, 1.82) is 0 Å². The predicted molar refractivity (Wildman–Crippen MR) is 73.6 cm³/mol. The predicted octanol–water partition coefficient (Wildman–Crippen LogP) is 2.71. The maximum atomic E-state index is 11.5. The molecule has 0 radical (unpaired) electrons. The summed E-state index contributed by atoms with van der Waals surface area (Å²) in [6.45, 7) is 7.11. The second kappa shape index (κ2) is 7.27. The molecule has 17 heavy (non-hydrogen) atoms. The van der Waals surface area contributed by atoms with Gasteiger partial charge in [-0.1, -0.05) is 20.3 Å². The van der Waals surface area contributed by atoms with Crippen LogP contribution in [0, 0.1) is 5.41 Å². The molecule has 0 spiro atoms. The van der Waals surface area contributed by atoms with Gasteiger partial charge in [-0.3, -0.25) is 4.79 Å². The summed E-state index contributed by atoms with van der Waals surface area (Å²) in [7, 11) is 0. The number of carboxylic acid groups (broad SMARTS) is 1. The van der Waals surface area contributed by atoms with E-state index in [1.165, 1.54) is 0 Å². The first-order valence-electron chi connectivity index (χ1n) is 6.68. The van der Waals surface area contributed by atoms with Gasteiger partial charge >= 0.3 is 5.97 Å². The Kier molecular flexibility index (Phi) is 6.34. The summed E-state index contributed by atoms with van der Waals surface area (Å²) in [5, 5.41) is 9.48. The lowest BCUT2D eigenvalue weighted by atomic mass is 9.76. The van der Waals surface area contributed by atoms with Gasteiger partial charge in [0.15, 0.2) is 0 Å². The number of carboxylic acids is 1. The summed E-state index contributed by atoms with van der Waals surface area (Å²) in [5.74, 6) is 1.68. The molecule has 0 aromatic rings. The molecule has 0 saturated carbocycles. The highest BCUT2D eigenvalue weighted by Gasteiger charge is 2.41. The van der Waals surface area contributed by atoms with Crippen molar-refractivity contribution >= 4 is 17.7 Å². The van der Waals surface area contributed by atoms with Gasteiger partial charge in [-0.25, -0.2) is 0 Å². The molecule has 0 aliphatic carbocycles. The van der Waals surface area contributed by atoms with Crippen LogP contribution in [0.2, 0.25) is 0 Å². The molecule has 3 nitrogen and oxygen atoms in total. The van der Waals surface area contributed by atoms with Crippen LogP contribution in [0.4, 0.5) is 0 Å². The van der Waals surface area contributed by atoms with Crippen molar-refractivity contribution in [1.82, 2.24) is 4.90 Å². The Bertz CT molecular complexity index is 244. The van der Waals surface area contributed by atoms with Gasteiger partial charge in [0.25, 0.3) is 0 Å². The molecule has 100 valence electrons. The fourth-order valence-electron chi connectivity index (χ4n) is 2.72. The maximum Gasteiger partial charge on any atom is 0.310 e.